The van der Waals surface area contributed by atoms with Gasteiger partial charge in [0.25, 0.3) is 0 Å². The SMILES string of the molecule is CCCCCCCCCCCCC/C=C/C=C/C1=NCC[N+]1(CCOCCC(=O)O)CCC(=O)O.[Na+].[Na+].[OH-]. The molecule has 0 amide bonds. The van der Waals surface area contributed by atoms with Crippen LogP contribution < -0.4 is 59.1 Å². The zero-order valence-corrected chi connectivity index (χ0v) is 28.4. The van der Waals surface area contributed by atoms with Gasteiger partial charge in [0.05, 0.1) is 39.1 Å². The minimum atomic E-state index is -0.883. The Morgan fingerprint density at radius 2 is 1.42 bits per heavy atom. The van der Waals surface area contributed by atoms with Gasteiger partial charge in [0.1, 0.15) is 13.1 Å². The van der Waals surface area contributed by atoms with Crippen LogP contribution in [0.4, 0.5) is 0 Å². The fourth-order valence-electron chi connectivity index (χ4n) is 4.45. The van der Waals surface area contributed by atoms with Crippen molar-refractivity contribution < 1.29 is 93.6 Å². The first-order valence-electron chi connectivity index (χ1n) is 13.8. The van der Waals surface area contributed by atoms with E-state index in [1.54, 1.807) is 0 Å². The normalized spacial score (nSPS) is 16.6. The Morgan fingerprint density at radius 1 is 0.842 bits per heavy atom. The minimum absolute atomic E-state index is 0. The zero-order chi connectivity index (χ0) is 25.6. The second-order valence-corrected chi connectivity index (χ2v) is 9.57. The second kappa shape index (κ2) is 28.5. The Hall–Kier alpha value is -0.0300. The summed E-state index contributed by atoms with van der Waals surface area (Å²) < 4.78 is 5.96. The number of ether oxygens (including phenoxy) is 1. The van der Waals surface area contributed by atoms with Crippen molar-refractivity contribution in [3.8, 4) is 0 Å². The van der Waals surface area contributed by atoms with Crippen molar-refractivity contribution in [2.45, 2.75) is 96.8 Å². The van der Waals surface area contributed by atoms with Crippen molar-refractivity contribution in [1.29, 1.82) is 0 Å². The summed E-state index contributed by atoms with van der Waals surface area (Å²) in [5.74, 6) is -0.824. The summed E-state index contributed by atoms with van der Waals surface area (Å²) in [6.45, 7) is 5.28. The second-order valence-electron chi connectivity index (χ2n) is 9.57. The predicted molar refractivity (Wildman–Crippen MR) is 144 cm³/mol. The molecule has 38 heavy (non-hydrogen) atoms. The average molecular weight is 557 g/mol. The number of carboxylic acids is 2. The van der Waals surface area contributed by atoms with E-state index in [1.807, 2.05) is 12.2 Å². The number of aliphatic carboxylic acids is 2. The number of amidine groups is 1. The minimum Gasteiger partial charge on any atom is -0.870 e. The van der Waals surface area contributed by atoms with E-state index in [0.717, 1.165) is 18.8 Å². The van der Waals surface area contributed by atoms with Gasteiger partial charge < -0.3 is 20.4 Å². The number of allylic oxidation sites excluding steroid dienone is 3. The van der Waals surface area contributed by atoms with Crippen LogP contribution in [0, 0.1) is 0 Å². The summed E-state index contributed by atoms with van der Waals surface area (Å²) in [4.78, 5) is 26.5. The van der Waals surface area contributed by atoms with Crippen LogP contribution >= 0.6 is 0 Å². The van der Waals surface area contributed by atoms with E-state index in [9.17, 15) is 14.7 Å². The zero-order valence-electron chi connectivity index (χ0n) is 24.4. The Balaban J connectivity index is -0.00000408. The number of carboxylic acid groups (broad SMARTS) is 2. The van der Waals surface area contributed by atoms with Crippen LogP contribution in [0.25, 0.3) is 0 Å². The molecular formula is C28H50N2Na2O6+2. The molecule has 1 aliphatic rings. The third-order valence-corrected chi connectivity index (χ3v) is 6.63. The molecule has 10 heteroatoms. The third-order valence-electron chi connectivity index (χ3n) is 6.63. The van der Waals surface area contributed by atoms with Crippen LogP contribution in [0.5, 0.6) is 0 Å². The number of quaternary nitrogens is 1. The molecule has 1 heterocycles. The molecule has 0 aliphatic carbocycles. The standard InChI is InChI=1S/C28H48N2O5.2Na.H2O/c1-2-3-4-5-6-7-8-9-10-11-12-13-14-15-16-17-26-29-20-22-30(26,21-18-27(31)32)23-25-35-24-19-28(33)34;;;/h14-17H,2-13,18-25H2,1H3,(H-,31,32,33,34);;;1H2/q;2*+1;/b15-14+,17-16+;;;. The van der Waals surface area contributed by atoms with Crippen LogP contribution in [-0.4, -0.2) is 77.3 Å². The van der Waals surface area contributed by atoms with Gasteiger partial charge in [-0.2, -0.15) is 0 Å². The summed E-state index contributed by atoms with van der Waals surface area (Å²) in [6.07, 6.45) is 24.2. The molecule has 0 fully saturated rings. The molecule has 8 nitrogen and oxygen atoms in total. The Kier molecular flexibility index (Phi) is 31.8. The van der Waals surface area contributed by atoms with E-state index < -0.39 is 11.9 Å². The summed E-state index contributed by atoms with van der Waals surface area (Å²) in [6, 6.07) is 0. The maximum absolute atomic E-state index is 11.2. The number of nitrogens with zero attached hydrogens (tertiary/aromatic N) is 2. The first-order chi connectivity index (χ1) is 17.0. The summed E-state index contributed by atoms with van der Waals surface area (Å²) in [5, 5.41) is 17.9. The molecule has 1 rings (SSSR count). The number of unbranched alkanes of at least 4 members (excludes halogenated alkanes) is 11. The number of hydrogen-bond donors (Lipinski definition) is 2. The van der Waals surface area contributed by atoms with Gasteiger partial charge in [0.15, 0.2) is 0 Å². The molecule has 0 saturated heterocycles. The van der Waals surface area contributed by atoms with Crippen LogP contribution in [0.15, 0.2) is 29.3 Å². The van der Waals surface area contributed by atoms with Crippen molar-refractivity contribution in [3.63, 3.8) is 0 Å². The van der Waals surface area contributed by atoms with Gasteiger partial charge in [-0.1, -0.05) is 89.4 Å². The summed E-state index contributed by atoms with van der Waals surface area (Å²) in [5.41, 5.74) is 0. The van der Waals surface area contributed by atoms with Crippen LogP contribution in [0.3, 0.4) is 0 Å². The van der Waals surface area contributed by atoms with Gasteiger partial charge >= 0.3 is 71.1 Å². The van der Waals surface area contributed by atoms with E-state index in [1.165, 1.54) is 70.6 Å². The van der Waals surface area contributed by atoms with Gasteiger partial charge in [0.2, 0.25) is 5.84 Å². The molecule has 0 bridgehead atoms. The molecule has 0 radical (unpaired) electrons. The summed E-state index contributed by atoms with van der Waals surface area (Å²) >= 11 is 0. The summed E-state index contributed by atoms with van der Waals surface area (Å²) in [7, 11) is 0. The van der Waals surface area contributed by atoms with Crippen LogP contribution in [-0.2, 0) is 14.3 Å². The smallest absolute Gasteiger partial charge is 0.870 e. The molecule has 0 aromatic rings. The third kappa shape index (κ3) is 21.8. The molecule has 0 aromatic heterocycles. The fraction of sp³-hybridized carbons (Fsp3) is 0.750. The maximum atomic E-state index is 11.2. The Labute approximate surface area is 274 Å². The van der Waals surface area contributed by atoms with Crippen LogP contribution in [0.2, 0.25) is 0 Å². The number of aliphatic imine (C=N–C) groups is 1. The quantitative estimate of drug-likeness (QED) is 0.0779. The van der Waals surface area contributed by atoms with Crippen molar-refractivity contribution in [2.75, 3.05) is 39.4 Å². The van der Waals surface area contributed by atoms with Gasteiger partial charge in [-0.15, -0.1) is 0 Å². The van der Waals surface area contributed by atoms with Crippen molar-refractivity contribution in [1.82, 2.24) is 0 Å². The topological polar surface area (TPSA) is 126 Å². The first kappa shape index (κ1) is 42.4. The molecule has 1 atom stereocenters. The van der Waals surface area contributed by atoms with E-state index in [2.05, 4.69) is 24.1 Å². The van der Waals surface area contributed by atoms with Crippen molar-refractivity contribution in [3.05, 3.63) is 24.3 Å². The number of carbonyl (C=O) groups is 2. The van der Waals surface area contributed by atoms with Crippen molar-refractivity contribution in [2.24, 2.45) is 4.99 Å². The monoisotopic (exact) mass is 556 g/mol. The van der Waals surface area contributed by atoms with Gasteiger partial charge in [-0.3, -0.25) is 14.1 Å². The largest absolute Gasteiger partial charge is 1.00 e. The van der Waals surface area contributed by atoms with E-state index >= 15 is 0 Å². The van der Waals surface area contributed by atoms with E-state index in [0.29, 0.717) is 30.7 Å². The van der Waals surface area contributed by atoms with Crippen molar-refractivity contribution >= 4 is 17.8 Å². The maximum Gasteiger partial charge on any atom is 1.00 e. The molecule has 0 saturated carbocycles. The predicted octanol–water partition coefficient (Wildman–Crippen LogP) is -0.174. The molecular weight excluding hydrogens is 506 g/mol. The molecule has 0 spiro atoms. The number of hydrogen-bond acceptors (Lipinski definition) is 5. The first-order valence-corrected chi connectivity index (χ1v) is 13.8. The number of rotatable bonds is 23. The van der Waals surface area contributed by atoms with E-state index in [-0.39, 0.29) is 84.0 Å². The molecule has 3 N–H and O–H groups in total. The van der Waals surface area contributed by atoms with Gasteiger partial charge in [-0.05, 0) is 12.8 Å². The van der Waals surface area contributed by atoms with Crippen LogP contribution in [0.1, 0.15) is 96.8 Å². The molecule has 1 aliphatic heterocycles. The molecule has 208 valence electrons. The average Bonchev–Trinajstić information content (AvgIpc) is 3.22. The van der Waals surface area contributed by atoms with Gasteiger partial charge in [-0.25, -0.2) is 4.99 Å². The Morgan fingerprint density at radius 3 is 2.00 bits per heavy atom. The Bertz CT molecular complexity index is 688. The molecule has 1 unspecified atom stereocenters. The van der Waals surface area contributed by atoms with Gasteiger partial charge in [0, 0.05) is 6.08 Å². The molecule has 0 aromatic carbocycles. The van der Waals surface area contributed by atoms with E-state index in [4.69, 9.17) is 9.84 Å². The fourth-order valence-corrected chi connectivity index (χ4v) is 4.45.